The summed E-state index contributed by atoms with van der Waals surface area (Å²) in [4.78, 5) is 24.8. The van der Waals surface area contributed by atoms with Crippen LogP contribution in [-0.4, -0.2) is 18.9 Å². The quantitative estimate of drug-likeness (QED) is 0.698. The average molecular weight is 322 g/mol. The Bertz CT molecular complexity index is 838. The van der Waals surface area contributed by atoms with Crippen LogP contribution in [-0.2, 0) is 9.59 Å². The second-order valence-electron chi connectivity index (χ2n) is 5.68. The number of hydrogen-bond donors (Lipinski definition) is 1. The molecule has 2 aromatic carbocycles. The number of carbonyl (C=O) groups excluding carboxylic acids is 2. The Kier molecular flexibility index (Phi) is 4.08. The molecule has 0 unspecified atom stereocenters. The number of benzene rings is 2. The maximum Gasteiger partial charge on any atom is 0.282 e. The van der Waals surface area contributed by atoms with Gasteiger partial charge in [-0.15, -0.1) is 0 Å². The number of amides is 2. The number of anilines is 1. The Labute approximate surface area is 140 Å². The molecule has 0 radical (unpaired) electrons. The van der Waals surface area contributed by atoms with Gasteiger partial charge >= 0.3 is 0 Å². The minimum Gasteiger partial charge on any atom is -0.497 e. The van der Waals surface area contributed by atoms with Crippen LogP contribution in [0.4, 0.5) is 5.69 Å². The number of carbonyl (C=O) groups is 2. The third-order valence-electron chi connectivity index (χ3n) is 4.07. The number of methoxy groups -OCH3 is 1. The summed E-state index contributed by atoms with van der Waals surface area (Å²) in [7, 11) is 1.59. The number of nitrogens with zero attached hydrogens (tertiary/aromatic N) is 1. The van der Waals surface area contributed by atoms with Gasteiger partial charge in [0.15, 0.2) is 0 Å². The van der Waals surface area contributed by atoms with Gasteiger partial charge in [0.1, 0.15) is 11.3 Å². The summed E-state index contributed by atoms with van der Waals surface area (Å²) >= 11 is 0. The summed E-state index contributed by atoms with van der Waals surface area (Å²) in [5, 5.41) is 1.28. The number of hydrazine groups is 1. The lowest BCUT2D eigenvalue weighted by molar-refractivity contribution is -0.117. The summed E-state index contributed by atoms with van der Waals surface area (Å²) in [5.41, 5.74) is 6.32. The summed E-state index contributed by atoms with van der Waals surface area (Å²) < 4.78 is 5.10. The SMILES string of the molecule is COc1ccc(/C=C2\C(=O)NN(c3ccc(C)c(C)c3)C2=O)cc1. The minimum absolute atomic E-state index is 0.110. The molecule has 5 heteroatoms. The molecule has 1 fully saturated rings. The van der Waals surface area contributed by atoms with Crippen molar-refractivity contribution >= 4 is 23.6 Å². The highest BCUT2D eigenvalue weighted by Crippen LogP contribution is 2.24. The third kappa shape index (κ3) is 2.88. The van der Waals surface area contributed by atoms with E-state index in [1.165, 1.54) is 5.01 Å². The molecule has 1 N–H and O–H groups in total. The van der Waals surface area contributed by atoms with Gasteiger partial charge in [0.05, 0.1) is 12.8 Å². The summed E-state index contributed by atoms with van der Waals surface area (Å²) in [6, 6.07) is 12.8. The van der Waals surface area contributed by atoms with Crippen LogP contribution in [0.15, 0.2) is 48.0 Å². The zero-order chi connectivity index (χ0) is 17.3. The zero-order valence-electron chi connectivity index (χ0n) is 13.8. The predicted octanol–water partition coefficient (Wildman–Crippen LogP) is 2.77. The Morgan fingerprint density at radius 1 is 1.00 bits per heavy atom. The molecule has 0 aromatic heterocycles. The first-order valence-electron chi connectivity index (χ1n) is 7.58. The van der Waals surface area contributed by atoms with E-state index < -0.39 is 5.91 Å². The minimum atomic E-state index is -0.408. The van der Waals surface area contributed by atoms with Gasteiger partial charge < -0.3 is 4.74 Å². The van der Waals surface area contributed by atoms with Crippen LogP contribution in [0.3, 0.4) is 0 Å². The molecule has 0 bridgehead atoms. The Morgan fingerprint density at radius 3 is 2.33 bits per heavy atom. The molecule has 1 heterocycles. The van der Waals surface area contributed by atoms with Crippen molar-refractivity contribution in [2.75, 3.05) is 12.1 Å². The van der Waals surface area contributed by atoms with Crippen LogP contribution < -0.4 is 15.2 Å². The summed E-state index contributed by atoms with van der Waals surface area (Å²) in [6.45, 7) is 3.97. The highest BCUT2D eigenvalue weighted by molar-refractivity contribution is 6.31. The lowest BCUT2D eigenvalue weighted by Gasteiger charge is -2.15. The molecule has 1 aliphatic heterocycles. The topological polar surface area (TPSA) is 58.6 Å². The summed E-state index contributed by atoms with van der Waals surface area (Å²) in [5.74, 6) is -0.0516. The van der Waals surface area contributed by atoms with Crippen molar-refractivity contribution in [2.24, 2.45) is 0 Å². The molecule has 3 rings (SSSR count). The lowest BCUT2D eigenvalue weighted by atomic mass is 10.1. The zero-order valence-corrected chi connectivity index (χ0v) is 13.8. The normalized spacial score (nSPS) is 15.8. The molecule has 122 valence electrons. The largest absolute Gasteiger partial charge is 0.497 e. The van der Waals surface area contributed by atoms with E-state index in [1.807, 2.05) is 32.0 Å². The maximum atomic E-state index is 12.6. The van der Waals surface area contributed by atoms with E-state index >= 15 is 0 Å². The molecule has 5 nitrogen and oxygen atoms in total. The average Bonchev–Trinajstić information content (AvgIpc) is 2.86. The van der Waals surface area contributed by atoms with E-state index in [9.17, 15) is 9.59 Å². The van der Waals surface area contributed by atoms with Gasteiger partial charge in [-0.3, -0.25) is 15.0 Å². The molecular formula is C19H18N2O3. The van der Waals surface area contributed by atoms with Gasteiger partial charge in [-0.1, -0.05) is 18.2 Å². The number of rotatable bonds is 3. The monoisotopic (exact) mass is 322 g/mol. The highest BCUT2D eigenvalue weighted by Gasteiger charge is 2.34. The molecule has 2 aromatic rings. The van der Waals surface area contributed by atoms with Crippen LogP contribution in [0.25, 0.3) is 6.08 Å². The number of aryl methyl sites for hydroxylation is 2. The van der Waals surface area contributed by atoms with Crippen molar-refractivity contribution in [1.29, 1.82) is 0 Å². The molecule has 0 spiro atoms. The lowest BCUT2D eigenvalue weighted by Crippen LogP contribution is -2.35. The molecule has 0 saturated carbocycles. The molecule has 0 atom stereocenters. The van der Waals surface area contributed by atoms with E-state index in [4.69, 9.17) is 4.74 Å². The van der Waals surface area contributed by atoms with Gasteiger partial charge in [-0.25, -0.2) is 5.01 Å². The van der Waals surface area contributed by atoms with Crippen molar-refractivity contribution in [1.82, 2.24) is 5.43 Å². The molecule has 1 aliphatic rings. The van der Waals surface area contributed by atoms with Crippen LogP contribution in [0.2, 0.25) is 0 Å². The molecule has 1 saturated heterocycles. The van der Waals surface area contributed by atoms with Crippen molar-refractivity contribution in [2.45, 2.75) is 13.8 Å². The standard InChI is InChI=1S/C19H18N2O3/c1-12-4-7-15(10-13(12)2)21-19(23)17(18(22)20-21)11-14-5-8-16(24-3)9-6-14/h4-11H,1-3H3,(H,20,22)/b17-11+. The van der Waals surface area contributed by atoms with Crippen LogP contribution >= 0.6 is 0 Å². The molecular weight excluding hydrogens is 304 g/mol. The molecule has 0 aliphatic carbocycles. The Hall–Kier alpha value is -3.08. The van der Waals surface area contributed by atoms with Crippen LogP contribution in [0.5, 0.6) is 5.75 Å². The van der Waals surface area contributed by atoms with Crippen molar-refractivity contribution in [3.8, 4) is 5.75 Å². The Balaban J connectivity index is 1.90. The Morgan fingerprint density at radius 2 is 1.71 bits per heavy atom. The number of nitrogens with one attached hydrogen (secondary N) is 1. The van der Waals surface area contributed by atoms with Gasteiger partial charge in [0, 0.05) is 0 Å². The van der Waals surface area contributed by atoms with Gasteiger partial charge in [-0.2, -0.15) is 0 Å². The predicted molar refractivity (Wildman–Crippen MR) is 92.5 cm³/mol. The smallest absolute Gasteiger partial charge is 0.282 e. The first-order chi connectivity index (χ1) is 11.5. The van der Waals surface area contributed by atoms with E-state index in [-0.39, 0.29) is 11.5 Å². The fourth-order valence-corrected chi connectivity index (χ4v) is 2.47. The number of ether oxygens (including phenoxy) is 1. The van der Waals surface area contributed by atoms with Crippen LogP contribution in [0.1, 0.15) is 16.7 Å². The van der Waals surface area contributed by atoms with Crippen LogP contribution in [0, 0.1) is 13.8 Å². The summed E-state index contributed by atoms with van der Waals surface area (Å²) in [6.07, 6.45) is 1.58. The van der Waals surface area contributed by atoms with Gasteiger partial charge in [-0.05, 0) is 60.9 Å². The fraction of sp³-hybridized carbons (Fsp3) is 0.158. The number of hydrogen-bond acceptors (Lipinski definition) is 3. The third-order valence-corrected chi connectivity index (χ3v) is 4.07. The van der Waals surface area contributed by atoms with E-state index in [1.54, 1.807) is 37.5 Å². The van der Waals surface area contributed by atoms with Gasteiger partial charge in [0.25, 0.3) is 11.8 Å². The fourth-order valence-electron chi connectivity index (χ4n) is 2.47. The maximum absolute atomic E-state index is 12.6. The molecule has 2 amide bonds. The molecule has 24 heavy (non-hydrogen) atoms. The second kappa shape index (κ2) is 6.20. The van der Waals surface area contributed by atoms with E-state index in [2.05, 4.69) is 5.43 Å². The van der Waals surface area contributed by atoms with Crippen molar-refractivity contribution in [3.05, 3.63) is 64.7 Å². The second-order valence-corrected chi connectivity index (χ2v) is 5.68. The first-order valence-corrected chi connectivity index (χ1v) is 7.58. The first kappa shape index (κ1) is 15.8. The van der Waals surface area contributed by atoms with Gasteiger partial charge in [0.2, 0.25) is 0 Å². The highest BCUT2D eigenvalue weighted by atomic mass is 16.5. The van der Waals surface area contributed by atoms with E-state index in [0.717, 1.165) is 22.4 Å². The van der Waals surface area contributed by atoms with Crippen molar-refractivity contribution < 1.29 is 14.3 Å². The van der Waals surface area contributed by atoms with Crippen molar-refractivity contribution in [3.63, 3.8) is 0 Å². The van der Waals surface area contributed by atoms with E-state index in [0.29, 0.717) is 5.69 Å².